The number of amides is 1. The predicted octanol–water partition coefficient (Wildman–Crippen LogP) is 2.76. The van der Waals surface area contributed by atoms with Gasteiger partial charge in [-0.1, -0.05) is 12.1 Å². The minimum atomic E-state index is -0.744. The Hall–Kier alpha value is -3.42. The van der Waals surface area contributed by atoms with E-state index in [4.69, 9.17) is 4.42 Å². The van der Waals surface area contributed by atoms with Crippen LogP contribution >= 0.6 is 0 Å². The first-order chi connectivity index (χ1) is 11.9. The number of aromatic nitrogens is 1. The SMILES string of the molecule is Cc1cccc(NC(=O)Cn2c(=O)oc3ccc([N+](=O)[O-])cc32)c1C. The van der Waals surface area contributed by atoms with E-state index in [0.717, 1.165) is 15.7 Å². The molecule has 8 heteroatoms. The van der Waals surface area contributed by atoms with E-state index in [1.165, 1.54) is 18.2 Å². The van der Waals surface area contributed by atoms with Crippen molar-refractivity contribution in [2.45, 2.75) is 20.4 Å². The fraction of sp³-hybridized carbons (Fsp3) is 0.176. The normalized spacial score (nSPS) is 10.8. The summed E-state index contributed by atoms with van der Waals surface area (Å²) in [7, 11) is 0. The Bertz CT molecular complexity index is 1050. The third-order valence-corrected chi connectivity index (χ3v) is 4.04. The van der Waals surface area contributed by atoms with Crippen molar-refractivity contribution in [2.75, 3.05) is 5.32 Å². The lowest BCUT2D eigenvalue weighted by Crippen LogP contribution is -2.25. The van der Waals surface area contributed by atoms with Crippen molar-refractivity contribution in [3.05, 3.63) is 68.2 Å². The molecule has 0 unspecified atom stereocenters. The Morgan fingerprint density at radius 1 is 1.28 bits per heavy atom. The molecule has 0 saturated carbocycles. The number of nitrogens with one attached hydrogen (secondary N) is 1. The summed E-state index contributed by atoms with van der Waals surface area (Å²) in [6.45, 7) is 3.51. The van der Waals surface area contributed by atoms with E-state index in [-0.39, 0.29) is 23.3 Å². The summed E-state index contributed by atoms with van der Waals surface area (Å²) < 4.78 is 6.10. The maximum Gasteiger partial charge on any atom is 0.420 e. The number of rotatable bonds is 4. The van der Waals surface area contributed by atoms with Gasteiger partial charge >= 0.3 is 5.76 Å². The number of nitro groups is 1. The van der Waals surface area contributed by atoms with E-state index < -0.39 is 16.6 Å². The van der Waals surface area contributed by atoms with Gasteiger partial charge < -0.3 is 9.73 Å². The van der Waals surface area contributed by atoms with Crippen LogP contribution in [0, 0.1) is 24.0 Å². The Morgan fingerprint density at radius 3 is 2.76 bits per heavy atom. The van der Waals surface area contributed by atoms with E-state index in [1.807, 2.05) is 26.0 Å². The maximum atomic E-state index is 12.3. The average molecular weight is 341 g/mol. The molecule has 1 amide bonds. The zero-order valence-electron chi connectivity index (χ0n) is 13.6. The number of nitro benzene ring substituents is 1. The van der Waals surface area contributed by atoms with Gasteiger partial charge in [0.15, 0.2) is 5.58 Å². The zero-order chi connectivity index (χ0) is 18.1. The molecule has 0 atom stereocenters. The second kappa shape index (κ2) is 6.23. The first-order valence-electron chi connectivity index (χ1n) is 7.50. The highest BCUT2D eigenvalue weighted by Gasteiger charge is 2.17. The summed E-state index contributed by atoms with van der Waals surface area (Å²) in [6, 6.07) is 9.31. The summed E-state index contributed by atoms with van der Waals surface area (Å²) in [5.41, 5.74) is 2.81. The van der Waals surface area contributed by atoms with Gasteiger partial charge in [-0.3, -0.25) is 19.5 Å². The van der Waals surface area contributed by atoms with Crippen molar-refractivity contribution in [3.63, 3.8) is 0 Å². The van der Waals surface area contributed by atoms with Crippen LogP contribution in [0.5, 0.6) is 0 Å². The van der Waals surface area contributed by atoms with Crippen LogP contribution in [0.1, 0.15) is 11.1 Å². The molecule has 8 nitrogen and oxygen atoms in total. The van der Waals surface area contributed by atoms with Crippen LogP contribution in [0.2, 0.25) is 0 Å². The summed E-state index contributed by atoms with van der Waals surface area (Å²) in [5.74, 6) is -1.17. The van der Waals surface area contributed by atoms with E-state index in [1.54, 1.807) is 6.07 Å². The number of benzene rings is 2. The number of nitrogens with zero attached hydrogens (tertiary/aromatic N) is 2. The van der Waals surface area contributed by atoms with Crippen LogP contribution in [0.15, 0.2) is 45.6 Å². The highest BCUT2D eigenvalue weighted by molar-refractivity contribution is 5.92. The lowest BCUT2D eigenvalue weighted by molar-refractivity contribution is -0.384. The second-order valence-corrected chi connectivity index (χ2v) is 5.66. The summed E-state index contributed by atoms with van der Waals surface area (Å²) in [5, 5.41) is 13.6. The number of carbonyl (C=O) groups is 1. The quantitative estimate of drug-likeness (QED) is 0.580. The van der Waals surface area contributed by atoms with Crippen LogP contribution in [0.4, 0.5) is 11.4 Å². The van der Waals surface area contributed by atoms with Crippen molar-refractivity contribution in [2.24, 2.45) is 0 Å². The molecule has 1 aromatic heterocycles. The molecule has 1 heterocycles. The lowest BCUT2D eigenvalue weighted by atomic mass is 10.1. The Morgan fingerprint density at radius 2 is 2.04 bits per heavy atom. The van der Waals surface area contributed by atoms with Crippen LogP contribution in [-0.2, 0) is 11.3 Å². The van der Waals surface area contributed by atoms with Gasteiger partial charge in [-0.05, 0) is 37.1 Å². The van der Waals surface area contributed by atoms with Gasteiger partial charge in [0.25, 0.3) is 5.69 Å². The summed E-state index contributed by atoms with van der Waals surface area (Å²) >= 11 is 0. The molecule has 0 aliphatic carbocycles. The largest absolute Gasteiger partial charge is 0.420 e. The van der Waals surface area contributed by atoms with Gasteiger partial charge in [0, 0.05) is 17.8 Å². The number of oxazole rings is 1. The van der Waals surface area contributed by atoms with Crippen molar-refractivity contribution < 1.29 is 14.1 Å². The molecule has 0 bridgehead atoms. The van der Waals surface area contributed by atoms with Gasteiger partial charge in [-0.15, -0.1) is 0 Å². The molecule has 1 N–H and O–H groups in total. The number of non-ortho nitro benzene ring substituents is 1. The molecule has 0 fully saturated rings. The highest BCUT2D eigenvalue weighted by Crippen LogP contribution is 2.21. The minimum absolute atomic E-state index is 0.183. The molecule has 0 spiro atoms. The van der Waals surface area contributed by atoms with E-state index in [2.05, 4.69) is 5.32 Å². The average Bonchev–Trinajstić information content (AvgIpc) is 2.87. The molecule has 3 aromatic rings. The maximum absolute atomic E-state index is 12.3. The van der Waals surface area contributed by atoms with Crippen LogP contribution in [0.3, 0.4) is 0 Å². The summed E-state index contributed by atoms with van der Waals surface area (Å²) in [4.78, 5) is 34.6. The molecule has 128 valence electrons. The predicted molar refractivity (Wildman–Crippen MR) is 91.7 cm³/mol. The van der Waals surface area contributed by atoms with Crippen LogP contribution < -0.4 is 11.1 Å². The number of hydrogen-bond donors (Lipinski definition) is 1. The number of carbonyl (C=O) groups excluding carboxylic acids is 1. The van der Waals surface area contributed by atoms with E-state index >= 15 is 0 Å². The number of anilines is 1. The van der Waals surface area contributed by atoms with Gasteiger partial charge in [-0.25, -0.2) is 4.79 Å². The Balaban J connectivity index is 1.92. The van der Waals surface area contributed by atoms with Crippen molar-refractivity contribution in [3.8, 4) is 0 Å². The first-order valence-corrected chi connectivity index (χ1v) is 7.50. The molecule has 0 aliphatic heterocycles. The van der Waals surface area contributed by atoms with Crippen molar-refractivity contribution in [1.82, 2.24) is 4.57 Å². The van der Waals surface area contributed by atoms with Crippen LogP contribution in [0.25, 0.3) is 11.1 Å². The van der Waals surface area contributed by atoms with E-state index in [0.29, 0.717) is 5.69 Å². The fourth-order valence-electron chi connectivity index (χ4n) is 2.53. The Labute approximate surface area is 141 Å². The van der Waals surface area contributed by atoms with Crippen LogP contribution in [-0.4, -0.2) is 15.4 Å². The van der Waals surface area contributed by atoms with E-state index in [9.17, 15) is 19.7 Å². The monoisotopic (exact) mass is 341 g/mol. The molecule has 0 aliphatic rings. The standard InChI is InChI=1S/C17H15N3O5/c1-10-4-3-5-13(11(10)2)18-16(21)9-19-14-8-12(20(23)24)6-7-15(14)25-17(19)22/h3-8H,9H2,1-2H3,(H,18,21). The van der Waals surface area contributed by atoms with Gasteiger partial charge in [0.1, 0.15) is 6.54 Å². The molecule has 2 aromatic carbocycles. The first kappa shape index (κ1) is 16.4. The second-order valence-electron chi connectivity index (χ2n) is 5.66. The minimum Gasteiger partial charge on any atom is -0.408 e. The Kier molecular flexibility index (Phi) is 4.10. The fourth-order valence-corrected chi connectivity index (χ4v) is 2.53. The highest BCUT2D eigenvalue weighted by atomic mass is 16.6. The zero-order valence-corrected chi connectivity index (χ0v) is 13.6. The molecule has 0 saturated heterocycles. The molecular formula is C17H15N3O5. The topological polar surface area (TPSA) is 107 Å². The van der Waals surface area contributed by atoms with Gasteiger partial charge in [0.2, 0.25) is 5.91 Å². The third-order valence-electron chi connectivity index (χ3n) is 4.04. The summed E-state index contributed by atoms with van der Waals surface area (Å²) in [6.07, 6.45) is 0. The molecule has 0 radical (unpaired) electrons. The number of aryl methyl sites for hydroxylation is 1. The van der Waals surface area contributed by atoms with Gasteiger partial charge in [-0.2, -0.15) is 0 Å². The van der Waals surface area contributed by atoms with Crippen molar-refractivity contribution >= 4 is 28.4 Å². The molecule has 25 heavy (non-hydrogen) atoms. The smallest absolute Gasteiger partial charge is 0.408 e. The lowest BCUT2D eigenvalue weighted by Gasteiger charge is -2.10. The van der Waals surface area contributed by atoms with Gasteiger partial charge in [0.05, 0.1) is 10.4 Å². The third kappa shape index (κ3) is 3.14. The number of fused-ring (bicyclic) bond motifs is 1. The van der Waals surface area contributed by atoms with Crippen molar-refractivity contribution in [1.29, 1.82) is 0 Å². The molecular weight excluding hydrogens is 326 g/mol. The molecule has 3 rings (SSSR count). The number of hydrogen-bond acceptors (Lipinski definition) is 5.